The molecule has 3 aromatic rings. The normalized spacial score (nSPS) is 17.7. The summed E-state index contributed by atoms with van der Waals surface area (Å²) in [6.07, 6.45) is -9.27. The number of alkyl halides is 6. The number of halogens is 6. The van der Waals surface area contributed by atoms with Crippen molar-refractivity contribution >= 4 is 28.4 Å². The summed E-state index contributed by atoms with van der Waals surface area (Å²) in [4.78, 5) is 27.1. The number of nitrogens with zero attached hydrogens (tertiary/aromatic N) is 5. The molecule has 7 nitrogen and oxygen atoms in total. The van der Waals surface area contributed by atoms with Crippen LogP contribution in [0.3, 0.4) is 0 Å². The summed E-state index contributed by atoms with van der Waals surface area (Å²) < 4.78 is 82.6. The van der Waals surface area contributed by atoms with Crippen LogP contribution in [0.15, 0.2) is 24.3 Å². The molecule has 1 aromatic carbocycles. The Morgan fingerprint density at radius 1 is 1.00 bits per heavy atom. The van der Waals surface area contributed by atoms with E-state index in [1.807, 2.05) is 0 Å². The number of rotatable bonds is 4. The molecule has 2 aliphatic rings. The zero-order valence-corrected chi connectivity index (χ0v) is 21.6. The lowest BCUT2D eigenvalue weighted by atomic mass is 9.72. The number of hydrogen-bond donors (Lipinski definition) is 1. The molecule has 1 spiro atoms. The maximum absolute atomic E-state index is 14.1. The van der Waals surface area contributed by atoms with Crippen LogP contribution in [0, 0.1) is 19.3 Å². The Morgan fingerprint density at radius 3 is 2.26 bits per heavy atom. The van der Waals surface area contributed by atoms with Gasteiger partial charge in [-0.3, -0.25) is 4.79 Å². The number of aromatic nitrogens is 3. The third-order valence-corrected chi connectivity index (χ3v) is 7.44. The van der Waals surface area contributed by atoms with Crippen molar-refractivity contribution in [2.45, 2.75) is 46.1 Å². The monoisotopic (exact) mass is 552 g/mol. The molecule has 2 fully saturated rings. The van der Waals surface area contributed by atoms with Crippen LogP contribution in [0.1, 0.15) is 48.1 Å². The lowest BCUT2D eigenvalue weighted by molar-refractivity contribution is -0.143. The number of fused-ring (bicyclic) bond motifs is 1. The molecule has 5 rings (SSSR count). The van der Waals surface area contributed by atoms with Crippen molar-refractivity contribution in [3.8, 4) is 0 Å². The summed E-state index contributed by atoms with van der Waals surface area (Å²) in [5.41, 5.74) is -1.95. The summed E-state index contributed by atoms with van der Waals surface area (Å²) in [7, 11) is 0. The van der Waals surface area contributed by atoms with E-state index in [0.29, 0.717) is 31.7 Å². The molecule has 0 bridgehead atoms. The van der Waals surface area contributed by atoms with Gasteiger partial charge >= 0.3 is 12.4 Å². The molecule has 1 atom stereocenters. The molecular formula is C26H26F6N6O. The van der Waals surface area contributed by atoms with Gasteiger partial charge in [-0.1, -0.05) is 12.1 Å². The first-order valence-corrected chi connectivity index (χ1v) is 12.3. The van der Waals surface area contributed by atoms with Gasteiger partial charge in [-0.15, -0.1) is 0 Å². The summed E-state index contributed by atoms with van der Waals surface area (Å²) in [6, 6.07) is 4.56. The van der Waals surface area contributed by atoms with Crippen LogP contribution in [-0.2, 0) is 17.1 Å². The molecule has 2 saturated heterocycles. The van der Waals surface area contributed by atoms with E-state index in [2.05, 4.69) is 20.3 Å². The van der Waals surface area contributed by atoms with Crippen molar-refractivity contribution in [2.24, 2.45) is 5.41 Å². The standard InChI is InChI=1S/C26H26F6N6O/c1-13-17(6-5-7-19(13)25(27,28)29)14(2)33-22-18-8-20(38-11-24(12-38)9-37(10-24)16(4)39)21(26(30,31)32)36-23(18)35-15(3)34-22/h5-8,14H,9-12H2,1-4H3,(H,33,34,35,36)/t14-/m1/s1. The minimum Gasteiger partial charge on any atom is -0.368 e. The van der Waals surface area contributed by atoms with Crippen molar-refractivity contribution in [1.29, 1.82) is 0 Å². The highest BCUT2D eigenvalue weighted by Crippen LogP contribution is 2.46. The van der Waals surface area contributed by atoms with E-state index >= 15 is 0 Å². The fourth-order valence-electron chi connectivity index (χ4n) is 5.54. The number of carbonyl (C=O) groups is 1. The average molecular weight is 553 g/mol. The number of pyridine rings is 1. The predicted octanol–water partition coefficient (Wildman–Crippen LogP) is 5.52. The van der Waals surface area contributed by atoms with Gasteiger partial charge in [0.2, 0.25) is 5.91 Å². The molecule has 0 radical (unpaired) electrons. The molecule has 13 heteroatoms. The van der Waals surface area contributed by atoms with Gasteiger partial charge in [0, 0.05) is 38.5 Å². The number of carbonyl (C=O) groups excluding carboxylic acids is 1. The van der Waals surface area contributed by atoms with Crippen molar-refractivity contribution in [2.75, 3.05) is 36.4 Å². The van der Waals surface area contributed by atoms with Gasteiger partial charge in [-0.2, -0.15) is 26.3 Å². The van der Waals surface area contributed by atoms with Crippen molar-refractivity contribution in [3.05, 3.63) is 52.5 Å². The highest BCUT2D eigenvalue weighted by Gasteiger charge is 2.54. The maximum Gasteiger partial charge on any atom is 0.435 e. The highest BCUT2D eigenvalue weighted by molar-refractivity contribution is 5.90. The van der Waals surface area contributed by atoms with Crippen LogP contribution in [0.4, 0.5) is 37.8 Å². The fraction of sp³-hybridized carbons (Fsp3) is 0.462. The van der Waals surface area contributed by atoms with Gasteiger partial charge in [0.25, 0.3) is 0 Å². The molecule has 0 aliphatic carbocycles. The van der Waals surface area contributed by atoms with Crippen LogP contribution in [0.2, 0.25) is 0 Å². The number of anilines is 2. The summed E-state index contributed by atoms with van der Waals surface area (Å²) in [6.45, 7) is 7.64. The van der Waals surface area contributed by atoms with Crippen molar-refractivity contribution in [3.63, 3.8) is 0 Å². The SMILES string of the molecule is CC(=O)N1CC2(C1)CN(c1cc3c(N[C@H](C)c4cccc(C(F)(F)F)c4C)nc(C)nc3nc1C(F)(F)F)C2. The zero-order chi connectivity index (χ0) is 28.5. The van der Waals surface area contributed by atoms with E-state index < -0.39 is 29.7 Å². The third-order valence-electron chi connectivity index (χ3n) is 7.44. The maximum atomic E-state index is 14.1. The molecule has 208 valence electrons. The van der Waals surface area contributed by atoms with E-state index in [-0.39, 0.29) is 45.2 Å². The van der Waals surface area contributed by atoms with Gasteiger partial charge in [0.05, 0.1) is 22.7 Å². The molecule has 2 aliphatic heterocycles. The second-order valence-corrected chi connectivity index (χ2v) is 10.5. The summed E-state index contributed by atoms with van der Waals surface area (Å²) in [5.74, 6) is 0.259. The fourth-order valence-corrected chi connectivity index (χ4v) is 5.54. The Morgan fingerprint density at radius 2 is 1.67 bits per heavy atom. The Labute approximate surface area is 220 Å². The lowest BCUT2D eigenvalue weighted by Crippen LogP contribution is -2.73. The first-order chi connectivity index (χ1) is 18.1. The summed E-state index contributed by atoms with van der Waals surface area (Å²) in [5, 5.41) is 3.30. The van der Waals surface area contributed by atoms with Gasteiger partial charge in [-0.25, -0.2) is 15.0 Å². The van der Waals surface area contributed by atoms with Gasteiger partial charge in [-0.05, 0) is 44.0 Å². The van der Waals surface area contributed by atoms with E-state index in [4.69, 9.17) is 0 Å². The van der Waals surface area contributed by atoms with Crippen LogP contribution < -0.4 is 10.2 Å². The van der Waals surface area contributed by atoms with Crippen LogP contribution >= 0.6 is 0 Å². The third kappa shape index (κ3) is 4.82. The second kappa shape index (κ2) is 8.95. The number of nitrogens with one attached hydrogen (secondary N) is 1. The Bertz CT molecular complexity index is 1460. The van der Waals surface area contributed by atoms with Crippen LogP contribution in [0.5, 0.6) is 0 Å². The largest absolute Gasteiger partial charge is 0.435 e. The number of aryl methyl sites for hydroxylation is 1. The molecule has 1 amide bonds. The first-order valence-electron chi connectivity index (χ1n) is 12.3. The smallest absolute Gasteiger partial charge is 0.368 e. The molecule has 1 N–H and O–H groups in total. The highest BCUT2D eigenvalue weighted by atomic mass is 19.4. The Balaban J connectivity index is 1.51. The number of hydrogen-bond acceptors (Lipinski definition) is 6. The zero-order valence-electron chi connectivity index (χ0n) is 21.6. The second-order valence-electron chi connectivity index (χ2n) is 10.5. The molecule has 0 saturated carbocycles. The number of benzene rings is 1. The van der Waals surface area contributed by atoms with Crippen molar-refractivity contribution < 1.29 is 31.1 Å². The minimum atomic E-state index is -4.74. The average Bonchev–Trinajstić information content (AvgIpc) is 2.75. The Hall–Kier alpha value is -3.64. The topological polar surface area (TPSA) is 74.2 Å². The quantitative estimate of drug-likeness (QED) is 0.430. The minimum absolute atomic E-state index is 0.0456. The lowest BCUT2D eigenvalue weighted by Gasteiger charge is -2.60. The van der Waals surface area contributed by atoms with E-state index in [1.54, 1.807) is 22.8 Å². The van der Waals surface area contributed by atoms with Gasteiger partial charge in [0.1, 0.15) is 11.6 Å². The molecule has 2 aromatic heterocycles. The molecule has 4 heterocycles. The van der Waals surface area contributed by atoms with Crippen LogP contribution in [-0.4, -0.2) is 51.9 Å². The van der Waals surface area contributed by atoms with Crippen molar-refractivity contribution in [1.82, 2.24) is 19.9 Å². The van der Waals surface area contributed by atoms with E-state index in [0.717, 1.165) is 6.07 Å². The van der Waals surface area contributed by atoms with Gasteiger partial charge in [0.15, 0.2) is 11.3 Å². The molecule has 0 unspecified atom stereocenters. The molecular weight excluding hydrogens is 526 g/mol. The number of amides is 1. The summed E-state index contributed by atoms with van der Waals surface area (Å²) >= 11 is 0. The van der Waals surface area contributed by atoms with E-state index in [9.17, 15) is 31.1 Å². The molecule has 39 heavy (non-hydrogen) atoms. The Kier molecular flexibility index (Phi) is 6.18. The van der Waals surface area contributed by atoms with E-state index in [1.165, 1.54) is 32.9 Å². The number of likely N-dealkylation sites (tertiary alicyclic amines) is 1. The first kappa shape index (κ1) is 26.9. The van der Waals surface area contributed by atoms with Gasteiger partial charge < -0.3 is 15.1 Å². The van der Waals surface area contributed by atoms with Crippen LogP contribution in [0.25, 0.3) is 11.0 Å². The predicted molar refractivity (Wildman–Crippen MR) is 132 cm³/mol.